The quantitative estimate of drug-likeness (QED) is 0.0205. The minimum absolute atomic E-state index is 0.0412. The van der Waals surface area contributed by atoms with Crippen LogP contribution in [0.25, 0.3) is 0 Å². The summed E-state index contributed by atoms with van der Waals surface area (Å²) in [6.45, 7) is 7.01. The number of hydrogen-bond donors (Lipinski definition) is 2. The molecule has 0 aliphatic carbocycles. The molecule has 0 rings (SSSR count). The maximum absolute atomic E-state index is 13.5. The molecule has 0 saturated heterocycles. The maximum Gasteiger partial charge on any atom is 0.472 e. The average molecular weight is 1020 g/mol. The zero-order valence-corrected chi connectivity index (χ0v) is 48.6. The van der Waals surface area contributed by atoms with Crippen molar-refractivity contribution in [1.29, 1.82) is 0 Å². The lowest BCUT2D eigenvalue weighted by molar-refractivity contribution is -0.870. The Morgan fingerprint density at radius 2 is 0.859 bits per heavy atom. The van der Waals surface area contributed by atoms with Gasteiger partial charge in [0.15, 0.2) is 0 Å². The molecule has 1 amide bonds. The van der Waals surface area contributed by atoms with Crippen molar-refractivity contribution in [1.82, 2.24) is 5.32 Å². The molecule has 0 aromatic rings. The van der Waals surface area contributed by atoms with Crippen LogP contribution in [0, 0.1) is 0 Å². The van der Waals surface area contributed by atoms with Gasteiger partial charge in [0.1, 0.15) is 19.3 Å². The topological polar surface area (TPSA) is 111 Å². The largest absolute Gasteiger partial charge is 0.472 e. The maximum atomic E-state index is 13.5. The summed E-state index contributed by atoms with van der Waals surface area (Å²) < 4.78 is 30.7. The Kier molecular flexibility index (Phi) is 50.4. The lowest BCUT2D eigenvalue weighted by Crippen LogP contribution is -2.47. The molecule has 0 aliphatic heterocycles. The highest BCUT2D eigenvalue weighted by molar-refractivity contribution is 7.47. The summed E-state index contributed by atoms with van der Waals surface area (Å²) in [5, 5.41) is 3.06. The lowest BCUT2D eigenvalue weighted by Gasteiger charge is -2.27. The molecule has 0 spiro atoms. The van der Waals surface area contributed by atoms with Gasteiger partial charge >= 0.3 is 13.8 Å². The molecule has 0 saturated carbocycles. The van der Waals surface area contributed by atoms with Crippen LogP contribution in [-0.2, 0) is 27.9 Å². The monoisotopic (exact) mass is 1020 g/mol. The fourth-order valence-corrected chi connectivity index (χ4v) is 9.59. The normalized spacial score (nSPS) is 14.0. The molecule has 0 radical (unpaired) electrons. The van der Waals surface area contributed by atoms with Crippen LogP contribution in [0.5, 0.6) is 0 Å². The molecule has 10 heteroatoms. The molecule has 9 nitrogen and oxygen atoms in total. The van der Waals surface area contributed by atoms with E-state index in [0.717, 1.165) is 77.0 Å². The van der Waals surface area contributed by atoms with E-state index in [-0.39, 0.29) is 31.5 Å². The summed E-state index contributed by atoms with van der Waals surface area (Å²) in [7, 11) is 1.50. The second-order valence-electron chi connectivity index (χ2n) is 21.9. The van der Waals surface area contributed by atoms with Crippen molar-refractivity contribution in [2.45, 2.75) is 303 Å². The molecular weight excluding hydrogens is 904 g/mol. The first-order chi connectivity index (χ1) is 34.4. The van der Waals surface area contributed by atoms with Gasteiger partial charge in [0.05, 0.1) is 33.8 Å². The average Bonchev–Trinajstić information content (AvgIpc) is 3.33. The predicted octanol–water partition coefficient (Wildman–Crippen LogP) is 18.3. The van der Waals surface area contributed by atoms with Gasteiger partial charge in [-0.05, 0) is 63.9 Å². The van der Waals surface area contributed by atoms with E-state index in [0.29, 0.717) is 17.4 Å². The number of unbranched alkanes of at least 4 members (excludes halogenated alkanes) is 35. The van der Waals surface area contributed by atoms with Gasteiger partial charge in [0.25, 0.3) is 0 Å². The molecule has 3 atom stereocenters. The van der Waals surface area contributed by atoms with Crippen LogP contribution in [0.15, 0.2) is 36.5 Å². The Balaban J connectivity index is 5.32. The van der Waals surface area contributed by atoms with E-state index < -0.39 is 20.0 Å². The molecule has 71 heavy (non-hydrogen) atoms. The Morgan fingerprint density at radius 1 is 0.493 bits per heavy atom. The minimum Gasteiger partial charge on any atom is -0.456 e. The number of amides is 1. The Bertz CT molecular complexity index is 1310. The molecule has 0 aromatic carbocycles. The third-order valence-corrected chi connectivity index (χ3v) is 14.6. The second-order valence-corrected chi connectivity index (χ2v) is 23.3. The number of allylic oxidation sites excluding steroid dienone is 5. The van der Waals surface area contributed by atoms with Crippen molar-refractivity contribution in [3.8, 4) is 0 Å². The predicted molar refractivity (Wildman–Crippen MR) is 305 cm³/mol. The van der Waals surface area contributed by atoms with E-state index in [1.165, 1.54) is 180 Å². The zero-order chi connectivity index (χ0) is 52.2. The van der Waals surface area contributed by atoms with E-state index in [4.69, 9.17) is 13.8 Å². The lowest BCUT2D eigenvalue weighted by atomic mass is 10.0. The minimum atomic E-state index is -4.44. The first-order valence-electron chi connectivity index (χ1n) is 30.3. The first-order valence-corrected chi connectivity index (χ1v) is 31.8. The summed E-state index contributed by atoms with van der Waals surface area (Å²) in [4.78, 5) is 37.7. The van der Waals surface area contributed by atoms with Crippen molar-refractivity contribution in [3.63, 3.8) is 0 Å². The molecule has 0 aliphatic rings. The summed E-state index contributed by atoms with van der Waals surface area (Å²) in [5.41, 5.74) is 0. The van der Waals surface area contributed by atoms with Crippen LogP contribution in [0.1, 0.15) is 290 Å². The third-order valence-electron chi connectivity index (χ3n) is 13.6. The van der Waals surface area contributed by atoms with Gasteiger partial charge in [0, 0.05) is 12.8 Å². The van der Waals surface area contributed by atoms with Gasteiger partial charge < -0.3 is 19.4 Å². The number of esters is 1. The molecule has 0 fully saturated rings. The fourth-order valence-electron chi connectivity index (χ4n) is 8.85. The van der Waals surface area contributed by atoms with Crippen molar-refractivity contribution in [2.75, 3.05) is 40.9 Å². The standard InChI is InChI=1S/C61H117N2O7P/c1-7-10-13-16-19-22-25-28-30-31-33-36-39-42-45-48-51-54-61(65)70-59(52-49-46-43-40-37-34-27-24-21-18-15-12-9-3)58(57-69-71(66,67)68-56-55-63(4,5)6)62-60(64)53-50-47-44-41-38-35-32-29-26-23-20-17-14-11-8-2/h19,22,28,30,49,52,58-59H,7-18,20-21,23-27,29,31-48,50-51,53-57H2,1-6H3,(H-,62,64,66,67)/p+1/b22-19-,30-28-,52-49+. The Hall–Kier alpha value is -1.77. The number of carbonyl (C=O) groups is 2. The summed E-state index contributed by atoms with van der Waals surface area (Å²) in [5.74, 6) is -0.502. The van der Waals surface area contributed by atoms with Crippen LogP contribution in [0.2, 0.25) is 0 Å². The van der Waals surface area contributed by atoms with E-state index in [2.05, 4.69) is 50.4 Å². The number of quaternary nitrogens is 1. The van der Waals surface area contributed by atoms with Gasteiger partial charge in [-0.2, -0.15) is 0 Å². The highest BCUT2D eigenvalue weighted by Gasteiger charge is 2.30. The summed E-state index contributed by atoms with van der Waals surface area (Å²) in [6, 6.07) is -0.847. The van der Waals surface area contributed by atoms with Crippen LogP contribution in [0.3, 0.4) is 0 Å². The number of nitrogens with one attached hydrogen (secondary N) is 1. The van der Waals surface area contributed by atoms with Crippen molar-refractivity contribution in [3.05, 3.63) is 36.5 Å². The number of likely N-dealkylation sites (N-methyl/N-ethyl adjacent to an activating group) is 1. The van der Waals surface area contributed by atoms with Crippen LogP contribution in [-0.4, -0.2) is 74.3 Å². The SMILES string of the molecule is CCCCC/C=C\C/C=C\CCCCCCCCCC(=O)OC(/C=C/CCCCCCCCCCCCC)C(COP(=O)(O)OCC[N+](C)(C)C)NC(=O)CCCCCCCCCCCCCCCCC. The fraction of sp³-hybridized carbons (Fsp3) is 0.869. The summed E-state index contributed by atoms with van der Waals surface area (Å²) >= 11 is 0. The molecule has 418 valence electrons. The highest BCUT2D eigenvalue weighted by Crippen LogP contribution is 2.43. The number of ether oxygens (including phenoxy) is 1. The summed E-state index contributed by atoms with van der Waals surface area (Å²) in [6.07, 6.45) is 61.3. The van der Waals surface area contributed by atoms with Gasteiger partial charge in [-0.15, -0.1) is 0 Å². The first kappa shape index (κ1) is 69.2. The smallest absolute Gasteiger partial charge is 0.456 e. The third kappa shape index (κ3) is 52.9. The molecule has 2 N–H and O–H groups in total. The van der Waals surface area contributed by atoms with Crippen molar-refractivity contribution < 1.29 is 37.3 Å². The number of rotatable bonds is 55. The van der Waals surface area contributed by atoms with Crippen molar-refractivity contribution in [2.24, 2.45) is 0 Å². The van der Waals surface area contributed by atoms with E-state index in [9.17, 15) is 19.0 Å². The number of phosphoric acid groups is 1. The Morgan fingerprint density at radius 3 is 1.30 bits per heavy atom. The van der Waals surface area contributed by atoms with Crippen LogP contribution >= 0.6 is 7.82 Å². The molecular formula is C61H118N2O7P+. The zero-order valence-electron chi connectivity index (χ0n) is 47.7. The van der Waals surface area contributed by atoms with Gasteiger partial charge in [-0.25, -0.2) is 4.57 Å². The highest BCUT2D eigenvalue weighted by atomic mass is 31.2. The molecule has 0 heterocycles. The van der Waals surface area contributed by atoms with E-state index >= 15 is 0 Å². The van der Waals surface area contributed by atoms with Crippen molar-refractivity contribution >= 4 is 19.7 Å². The number of hydrogen-bond acceptors (Lipinski definition) is 6. The number of carbonyl (C=O) groups excluding carboxylic acids is 2. The number of phosphoric ester groups is 1. The molecule has 0 bridgehead atoms. The van der Waals surface area contributed by atoms with E-state index in [1.54, 1.807) is 0 Å². The number of nitrogens with zero attached hydrogens (tertiary/aromatic N) is 1. The van der Waals surface area contributed by atoms with Crippen LogP contribution in [0.4, 0.5) is 0 Å². The Labute approximate surface area is 440 Å². The van der Waals surface area contributed by atoms with Gasteiger partial charge in [0.2, 0.25) is 5.91 Å². The van der Waals surface area contributed by atoms with Gasteiger partial charge in [-0.1, -0.05) is 250 Å². The van der Waals surface area contributed by atoms with Gasteiger partial charge in [-0.3, -0.25) is 18.6 Å². The molecule has 0 aromatic heterocycles. The molecule has 3 unspecified atom stereocenters. The second kappa shape index (κ2) is 51.7. The van der Waals surface area contributed by atoms with Crippen LogP contribution < -0.4 is 5.32 Å². The van der Waals surface area contributed by atoms with E-state index in [1.807, 2.05) is 33.3 Å².